The van der Waals surface area contributed by atoms with Crippen molar-refractivity contribution >= 4 is 0 Å². The average Bonchev–Trinajstić information content (AvgIpc) is 2.01. The van der Waals surface area contributed by atoms with Gasteiger partial charge >= 0.3 is 0 Å². The zero-order valence-corrected chi connectivity index (χ0v) is 8.47. The van der Waals surface area contributed by atoms with Gasteiger partial charge in [-0.3, -0.25) is 0 Å². The normalized spacial score (nSPS) is 32.2. The Morgan fingerprint density at radius 2 is 2.25 bits per heavy atom. The smallest absolute Gasteiger partial charge is 0.0283 e. The third kappa shape index (κ3) is 2.76. The molecule has 2 N–H and O–H groups in total. The van der Waals surface area contributed by atoms with E-state index in [1.54, 1.807) is 0 Å². The third-order valence-electron chi connectivity index (χ3n) is 2.83. The molecule has 1 heterocycles. The molecule has 0 spiro atoms. The molecule has 0 aromatic rings. The summed E-state index contributed by atoms with van der Waals surface area (Å²) in [6, 6.07) is 0. The first-order valence-electron chi connectivity index (χ1n) is 5.14. The van der Waals surface area contributed by atoms with Crippen molar-refractivity contribution in [2.75, 3.05) is 20.1 Å². The van der Waals surface area contributed by atoms with Gasteiger partial charge in [-0.1, -0.05) is 19.8 Å². The van der Waals surface area contributed by atoms with E-state index in [4.69, 9.17) is 5.73 Å². The summed E-state index contributed by atoms with van der Waals surface area (Å²) in [4.78, 5) is 2.36. The van der Waals surface area contributed by atoms with Crippen molar-refractivity contribution in [1.29, 1.82) is 0 Å². The van der Waals surface area contributed by atoms with Crippen LogP contribution in [0.15, 0.2) is 0 Å². The highest BCUT2D eigenvalue weighted by Gasteiger charge is 2.28. The molecule has 2 heteroatoms. The van der Waals surface area contributed by atoms with Crippen LogP contribution >= 0.6 is 0 Å². The maximum atomic E-state index is 6.29. The van der Waals surface area contributed by atoms with Gasteiger partial charge in [-0.05, 0) is 32.9 Å². The van der Waals surface area contributed by atoms with Crippen molar-refractivity contribution < 1.29 is 0 Å². The van der Waals surface area contributed by atoms with Gasteiger partial charge in [-0.25, -0.2) is 0 Å². The number of nitrogens with zero attached hydrogens (tertiary/aromatic N) is 1. The molecule has 1 unspecified atom stereocenters. The minimum Gasteiger partial charge on any atom is -0.324 e. The van der Waals surface area contributed by atoms with Crippen LogP contribution in [-0.4, -0.2) is 30.6 Å². The molecule has 0 aliphatic carbocycles. The van der Waals surface area contributed by atoms with Crippen LogP contribution in [0.5, 0.6) is 0 Å². The van der Waals surface area contributed by atoms with Crippen LogP contribution in [0, 0.1) is 0 Å². The van der Waals surface area contributed by atoms with Gasteiger partial charge in [0.15, 0.2) is 0 Å². The fourth-order valence-corrected chi connectivity index (χ4v) is 2.13. The topological polar surface area (TPSA) is 29.3 Å². The molecule has 0 saturated carbocycles. The van der Waals surface area contributed by atoms with Gasteiger partial charge in [-0.15, -0.1) is 0 Å². The summed E-state index contributed by atoms with van der Waals surface area (Å²) >= 11 is 0. The van der Waals surface area contributed by atoms with Crippen LogP contribution in [0.4, 0.5) is 0 Å². The van der Waals surface area contributed by atoms with E-state index in [2.05, 4.69) is 18.9 Å². The molecule has 0 aromatic carbocycles. The Morgan fingerprint density at radius 1 is 1.50 bits per heavy atom. The quantitative estimate of drug-likeness (QED) is 0.697. The highest BCUT2D eigenvalue weighted by Crippen LogP contribution is 2.22. The summed E-state index contributed by atoms with van der Waals surface area (Å²) < 4.78 is 0. The van der Waals surface area contributed by atoms with E-state index in [-0.39, 0.29) is 5.54 Å². The molecule has 1 rings (SSSR count). The van der Waals surface area contributed by atoms with Crippen LogP contribution < -0.4 is 5.73 Å². The molecule has 2 nitrogen and oxygen atoms in total. The minimum atomic E-state index is 0.128. The zero-order chi connectivity index (χ0) is 9.03. The SMILES string of the molecule is CCCCC1(N)CCCN(C)C1. The summed E-state index contributed by atoms with van der Waals surface area (Å²) in [5.74, 6) is 0. The maximum absolute atomic E-state index is 6.29. The number of hydrogen-bond donors (Lipinski definition) is 1. The van der Waals surface area contributed by atoms with Crippen LogP contribution in [0.2, 0.25) is 0 Å². The van der Waals surface area contributed by atoms with Crippen molar-refractivity contribution in [2.24, 2.45) is 5.73 Å². The number of likely N-dealkylation sites (N-methyl/N-ethyl adjacent to an activating group) is 1. The average molecular weight is 170 g/mol. The zero-order valence-electron chi connectivity index (χ0n) is 8.47. The summed E-state index contributed by atoms with van der Waals surface area (Å²) in [6.07, 6.45) is 6.24. The second-order valence-corrected chi connectivity index (χ2v) is 4.31. The Morgan fingerprint density at radius 3 is 2.83 bits per heavy atom. The molecule has 0 aromatic heterocycles. The largest absolute Gasteiger partial charge is 0.324 e. The molecule has 1 aliphatic rings. The fraction of sp³-hybridized carbons (Fsp3) is 1.00. The Bertz CT molecular complexity index is 136. The number of likely N-dealkylation sites (tertiary alicyclic amines) is 1. The summed E-state index contributed by atoms with van der Waals surface area (Å²) in [6.45, 7) is 4.55. The lowest BCUT2D eigenvalue weighted by Gasteiger charge is -2.38. The predicted molar refractivity (Wildman–Crippen MR) is 53.2 cm³/mol. The van der Waals surface area contributed by atoms with E-state index in [9.17, 15) is 0 Å². The third-order valence-corrected chi connectivity index (χ3v) is 2.83. The lowest BCUT2D eigenvalue weighted by molar-refractivity contribution is 0.168. The van der Waals surface area contributed by atoms with E-state index in [0.717, 1.165) is 6.54 Å². The van der Waals surface area contributed by atoms with Crippen molar-refractivity contribution in [1.82, 2.24) is 4.90 Å². The van der Waals surface area contributed by atoms with Crippen LogP contribution in [0.1, 0.15) is 39.0 Å². The van der Waals surface area contributed by atoms with Crippen molar-refractivity contribution in [3.63, 3.8) is 0 Å². The highest BCUT2D eigenvalue weighted by atomic mass is 15.1. The second kappa shape index (κ2) is 4.24. The maximum Gasteiger partial charge on any atom is 0.0283 e. The standard InChI is InChI=1S/C10H22N2/c1-3-4-6-10(11)7-5-8-12(2)9-10/h3-9,11H2,1-2H3. The van der Waals surface area contributed by atoms with E-state index >= 15 is 0 Å². The molecule has 0 bridgehead atoms. The molecule has 1 saturated heterocycles. The van der Waals surface area contributed by atoms with Crippen molar-refractivity contribution in [3.8, 4) is 0 Å². The van der Waals surface area contributed by atoms with E-state index in [0.29, 0.717) is 0 Å². The Balaban J connectivity index is 2.35. The van der Waals surface area contributed by atoms with Crippen molar-refractivity contribution in [3.05, 3.63) is 0 Å². The Labute approximate surface area is 76.1 Å². The molecule has 0 radical (unpaired) electrons. The molecule has 12 heavy (non-hydrogen) atoms. The van der Waals surface area contributed by atoms with E-state index in [1.807, 2.05) is 0 Å². The predicted octanol–water partition coefficient (Wildman–Crippen LogP) is 1.60. The Hall–Kier alpha value is -0.0800. The van der Waals surface area contributed by atoms with Crippen molar-refractivity contribution in [2.45, 2.75) is 44.6 Å². The first-order chi connectivity index (χ1) is 5.66. The molecule has 1 atom stereocenters. The number of nitrogens with two attached hydrogens (primary N) is 1. The van der Waals surface area contributed by atoms with Gasteiger partial charge in [-0.2, -0.15) is 0 Å². The lowest BCUT2D eigenvalue weighted by atomic mass is 9.85. The number of unbranched alkanes of at least 4 members (excludes halogenated alkanes) is 1. The van der Waals surface area contributed by atoms with E-state index in [1.165, 1.54) is 38.6 Å². The van der Waals surface area contributed by atoms with Crippen LogP contribution in [0.25, 0.3) is 0 Å². The van der Waals surface area contributed by atoms with Gasteiger partial charge in [0.05, 0.1) is 0 Å². The van der Waals surface area contributed by atoms with Gasteiger partial charge in [0, 0.05) is 12.1 Å². The fourth-order valence-electron chi connectivity index (χ4n) is 2.13. The highest BCUT2D eigenvalue weighted by molar-refractivity contribution is 4.90. The first-order valence-corrected chi connectivity index (χ1v) is 5.14. The monoisotopic (exact) mass is 170 g/mol. The first kappa shape index (κ1) is 10.0. The van der Waals surface area contributed by atoms with Crippen LogP contribution in [0.3, 0.4) is 0 Å². The lowest BCUT2D eigenvalue weighted by Crippen LogP contribution is -2.52. The molecule has 0 amide bonds. The van der Waals surface area contributed by atoms with Gasteiger partial charge < -0.3 is 10.6 Å². The number of hydrogen-bond acceptors (Lipinski definition) is 2. The molecule has 72 valence electrons. The summed E-state index contributed by atoms with van der Waals surface area (Å²) in [5, 5.41) is 0. The Kier molecular flexibility index (Phi) is 3.53. The van der Waals surface area contributed by atoms with Gasteiger partial charge in [0.1, 0.15) is 0 Å². The van der Waals surface area contributed by atoms with Gasteiger partial charge in [0.2, 0.25) is 0 Å². The minimum absolute atomic E-state index is 0.128. The molecule has 1 fully saturated rings. The number of rotatable bonds is 3. The van der Waals surface area contributed by atoms with Gasteiger partial charge in [0.25, 0.3) is 0 Å². The molecule has 1 aliphatic heterocycles. The molecular formula is C10H22N2. The summed E-state index contributed by atoms with van der Waals surface area (Å²) in [7, 11) is 2.17. The summed E-state index contributed by atoms with van der Waals surface area (Å²) in [5.41, 5.74) is 6.42. The van der Waals surface area contributed by atoms with E-state index < -0.39 is 0 Å². The second-order valence-electron chi connectivity index (χ2n) is 4.31. The number of piperidine rings is 1. The van der Waals surface area contributed by atoms with Crippen LogP contribution in [-0.2, 0) is 0 Å². The molecular weight excluding hydrogens is 148 g/mol.